The van der Waals surface area contributed by atoms with Gasteiger partial charge in [-0.1, -0.05) is 40.9 Å². The van der Waals surface area contributed by atoms with E-state index in [-0.39, 0.29) is 24.3 Å². The summed E-state index contributed by atoms with van der Waals surface area (Å²) in [5.41, 5.74) is 2.65. The molecule has 0 bridgehead atoms. The average molecular weight is 427 g/mol. The fourth-order valence-electron chi connectivity index (χ4n) is 2.51. The van der Waals surface area contributed by atoms with Gasteiger partial charge in [-0.2, -0.15) is 0 Å². The summed E-state index contributed by atoms with van der Waals surface area (Å²) in [5.74, 6) is -0.119. The Balaban J connectivity index is 1.62. The highest BCUT2D eigenvalue weighted by Crippen LogP contribution is 2.33. The zero-order valence-electron chi connectivity index (χ0n) is 14.5. The Kier molecular flexibility index (Phi) is 6.15. The fourth-order valence-corrected chi connectivity index (χ4v) is 3.13. The molecule has 142 valence electrons. The van der Waals surface area contributed by atoms with Gasteiger partial charge in [0.2, 0.25) is 11.8 Å². The molecule has 5 nitrogen and oxygen atoms in total. The van der Waals surface area contributed by atoms with Gasteiger partial charge in [-0.05, 0) is 49.6 Å². The second kappa shape index (κ2) is 8.38. The normalized spacial score (nSPS) is 13.2. The third-order valence-electron chi connectivity index (χ3n) is 4.26. The first-order valence-electron chi connectivity index (χ1n) is 8.44. The van der Waals surface area contributed by atoms with Crippen LogP contribution in [0.3, 0.4) is 0 Å². The quantitative estimate of drug-likeness (QED) is 0.545. The number of halogens is 3. The Morgan fingerprint density at radius 2 is 1.59 bits per heavy atom. The highest BCUT2D eigenvalue weighted by atomic mass is 35.5. The Hall–Kier alpha value is -1.95. The fraction of sp³-hybridized carbons (Fsp3) is 0.263. The third kappa shape index (κ3) is 5.06. The van der Waals surface area contributed by atoms with Gasteiger partial charge >= 0.3 is 0 Å². The van der Waals surface area contributed by atoms with Crippen LogP contribution in [0.5, 0.6) is 0 Å². The van der Waals surface area contributed by atoms with E-state index in [1.807, 2.05) is 13.0 Å². The van der Waals surface area contributed by atoms with Crippen molar-refractivity contribution in [3.8, 4) is 0 Å². The van der Waals surface area contributed by atoms with Crippen molar-refractivity contribution < 1.29 is 9.59 Å². The molecule has 0 spiro atoms. The van der Waals surface area contributed by atoms with Crippen LogP contribution in [0.2, 0.25) is 15.1 Å². The van der Waals surface area contributed by atoms with Crippen LogP contribution >= 0.6 is 34.8 Å². The summed E-state index contributed by atoms with van der Waals surface area (Å²) in [6.45, 7) is 1.84. The van der Waals surface area contributed by atoms with Gasteiger partial charge in [0.1, 0.15) is 0 Å². The number of carbonyl (C=O) groups excluding carboxylic acids is 2. The minimum absolute atomic E-state index is 0.00418. The van der Waals surface area contributed by atoms with E-state index < -0.39 is 0 Å². The first-order valence-corrected chi connectivity index (χ1v) is 9.57. The van der Waals surface area contributed by atoms with Crippen LogP contribution in [-0.2, 0) is 9.59 Å². The van der Waals surface area contributed by atoms with E-state index in [0.29, 0.717) is 32.1 Å². The molecule has 0 heterocycles. The number of amides is 2. The van der Waals surface area contributed by atoms with E-state index in [1.54, 1.807) is 18.2 Å². The lowest BCUT2D eigenvalue weighted by molar-refractivity contribution is -0.117. The van der Waals surface area contributed by atoms with Gasteiger partial charge in [-0.25, -0.2) is 0 Å². The van der Waals surface area contributed by atoms with Crippen LogP contribution < -0.4 is 16.0 Å². The first kappa shape index (κ1) is 19.8. The van der Waals surface area contributed by atoms with E-state index >= 15 is 0 Å². The molecule has 0 aliphatic heterocycles. The zero-order chi connectivity index (χ0) is 19.6. The van der Waals surface area contributed by atoms with Gasteiger partial charge in [0.15, 0.2) is 0 Å². The predicted molar refractivity (Wildman–Crippen MR) is 111 cm³/mol. The lowest BCUT2D eigenvalue weighted by Crippen LogP contribution is -2.22. The molecular formula is C19H18Cl3N3O2. The molecule has 27 heavy (non-hydrogen) atoms. The second-order valence-corrected chi connectivity index (χ2v) is 7.61. The molecule has 1 aliphatic carbocycles. The molecule has 3 rings (SSSR count). The monoisotopic (exact) mass is 425 g/mol. The van der Waals surface area contributed by atoms with Gasteiger partial charge in [0, 0.05) is 17.3 Å². The van der Waals surface area contributed by atoms with Crippen molar-refractivity contribution in [2.75, 3.05) is 22.5 Å². The Bertz CT molecular complexity index is 898. The summed E-state index contributed by atoms with van der Waals surface area (Å²) in [6, 6.07) is 8.47. The Labute approximate surface area is 172 Å². The lowest BCUT2D eigenvalue weighted by atomic mass is 10.1. The standard InChI is InChI=1S/C19H18Cl3N3O2/c1-10-15(3-2-4-16(10)25-19(27)11-5-6-11)24-18(26)9-23-17-8-13(21)12(20)7-14(17)22/h2-4,7-8,11,23H,5-6,9H2,1H3,(H,24,26)(H,25,27). The van der Waals surface area contributed by atoms with Crippen molar-refractivity contribution in [1.29, 1.82) is 0 Å². The molecule has 2 aromatic carbocycles. The van der Waals surface area contributed by atoms with Crippen LogP contribution in [0.25, 0.3) is 0 Å². The van der Waals surface area contributed by atoms with Crippen LogP contribution in [0, 0.1) is 12.8 Å². The molecule has 1 saturated carbocycles. The van der Waals surface area contributed by atoms with Gasteiger partial charge in [0.05, 0.1) is 27.3 Å². The largest absolute Gasteiger partial charge is 0.375 e. The molecule has 0 atom stereocenters. The number of hydrogen-bond donors (Lipinski definition) is 3. The third-order valence-corrected chi connectivity index (χ3v) is 5.30. The predicted octanol–water partition coefficient (Wildman–Crippen LogP) is 5.35. The van der Waals surface area contributed by atoms with Gasteiger partial charge in [0.25, 0.3) is 0 Å². The van der Waals surface area contributed by atoms with Crippen molar-refractivity contribution in [2.24, 2.45) is 5.92 Å². The topological polar surface area (TPSA) is 70.2 Å². The molecule has 0 aromatic heterocycles. The maximum absolute atomic E-state index is 12.3. The summed E-state index contributed by atoms with van der Waals surface area (Å²) in [7, 11) is 0. The molecule has 8 heteroatoms. The Morgan fingerprint density at radius 1 is 0.963 bits per heavy atom. The SMILES string of the molecule is Cc1c(NC(=O)CNc2cc(Cl)c(Cl)cc2Cl)cccc1NC(=O)C1CC1. The first-order chi connectivity index (χ1) is 12.8. The van der Waals surface area contributed by atoms with E-state index in [0.717, 1.165) is 18.4 Å². The minimum atomic E-state index is -0.258. The molecule has 0 unspecified atom stereocenters. The van der Waals surface area contributed by atoms with E-state index in [2.05, 4.69) is 16.0 Å². The molecule has 0 radical (unpaired) electrons. The minimum Gasteiger partial charge on any atom is -0.375 e. The number of hydrogen-bond acceptors (Lipinski definition) is 3. The summed E-state index contributed by atoms with van der Waals surface area (Å²) in [5, 5.41) is 9.74. The average Bonchev–Trinajstić information content (AvgIpc) is 3.45. The van der Waals surface area contributed by atoms with Gasteiger partial charge in [-0.3, -0.25) is 9.59 Å². The number of benzene rings is 2. The number of carbonyl (C=O) groups is 2. The van der Waals surface area contributed by atoms with E-state index in [1.165, 1.54) is 6.07 Å². The highest BCUT2D eigenvalue weighted by Gasteiger charge is 2.29. The molecule has 1 fully saturated rings. The van der Waals surface area contributed by atoms with Crippen molar-refractivity contribution >= 4 is 63.7 Å². The summed E-state index contributed by atoms with van der Waals surface area (Å²) < 4.78 is 0. The molecule has 0 saturated heterocycles. The lowest BCUT2D eigenvalue weighted by Gasteiger charge is -2.14. The maximum atomic E-state index is 12.3. The van der Waals surface area contributed by atoms with Crippen molar-refractivity contribution in [1.82, 2.24) is 0 Å². The second-order valence-electron chi connectivity index (χ2n) is 6.39. The van der Waals surface area contributed by atoms with Crippen LogP contribution in [0.1, 0.15) is 18.4 Å². The molecule has 2 aromatic rings. The highest BCUT2D eigenvalue weighted by molar-refractivity contribution is 6.44. The smallest absolute Gasteiger partial charge is 0.243 e. The van der Waals surface area contributed by atoms with E-state index in [4.69, 9.17) is 34.8 Å². The van der Waals surface area contributed by atoms with Crippen molar-refractivity contribution in [2.45, 2.75) is 19.8 Å². The summed E-state index contributed by atoms with van der Waals surface area (Å²) in [4.78, 5) is 24.3. The molecule has 3 N–H and O–H groups in total. The molecule has 2 amide bonds. The molecular weight excluding hydrogens is 409 g/mol. The van der Waals surface area contributed by atoms with Crippen LogP contribution in [-0.4, -0.2) is 18.4 Å². The van der Waals surface area contributed by atoms with Crippen molar-refractivity contribution in [3.63, 3.8) is 0 Å². The van der Waals surface area contributed by atoms with Crippen molar-refractivity contribution in [3.05, 3.63) is 51.0 Å². The zero-order valence-corrected chi connectivity index (χ0v) is 16.8. The maximum Gasteiger partial charge on any atom is 0.243 e. The van der Waals surface area contributed by atoms with Gasteiger partial charge in [-0.15, -0.1) is 0 Å². The summed E-state index contributed by atoms with van der Waals surface area (Å²) in [6.07, 6.45) is 1.87. The molecule has 1 aliphatic rings. The Morgan fingerprint density at radius 3 is 2.26 bits per heavy atom. The van der Waals surface area contributed by atoms with Crippen LogP contribution in [0.4, 0.5) is 17.1 Å². The number of rotatable bonds is 6. The number of nitrogens with one attached hydrogen (secondary N) is 3. The summed E-state index contributed by atoms with van der Waals surface area (Å²) >= 11 is 18.0. The van der Waals surface area contributed by atoms with Gasteiger partial charge < -0.3 is 16.0 Å². The number of anilines is 3. The van der Waals surface area contributed by atoms with Crippen LogP contribution in [0.15, 0.2) is 30.3 Å². The van der Waals surface area contributed by atoms with E-state index in [9.17, 15) is 9.59 Å².